The summed E-state index contributed by atoms with van der Waals surface area (Å²) in [6, 6.07) is 10.6. The number of benzene rings is 1. The predicted molar refractivity (Wildman–Crippen MR) is 98.7 cm³/mol. The van der Waals surface area contributed by atoms with E-state index in [9.17, 15) is 13.2 Å². The van der Waals surface area contributed by atoms with Crippen molar-refractivity contribution in [3.63, 3.8) is 0 Å². The zero-order valence-electron chi connectivity index (χ0n) is 15.1. The molecule has 0 saturated carbocycles. The standard InChI is InChI=1S/C18H23N3O5S/c1-19-27(23,24)17-6-5-16(26-17)18(22)20-12-14-3-2-4-15(11-14)13-21-7-9-25-10-8-21/h2-6,11,19H,7-10,12-13H2,1H3,(H,20,22). The quantitative estimate of drug-likeness (QED) is 0.726. The molecule has 0 aliphatic carbocycles. The van der Waals surface area contributed by atoms with Gasteiger partial charge in [0.05, 0.1) is 13.2 Å². The average Bonchev–Trinajstić information content (AvgIpc) is 3.18. The van der Waals surface area contributed by atoms with E-state index in [4.69, 9.17) is 9.15 Å². The van der Waals surface area contributed by atoms with Gasteiger partial charge in [0, 0.05) is 26.2 Å². The van der Waals surface area contributed by atoms with Crippen molar-refractivity contribution in [1.29, 1.82) is 0 Å². The molecule has 2 heterocycles. The van der Waals surface area contributed by atoms with Gasteiger partial charge in [-0.05, 0) is 30.3 Å². The highest BCUT2D eigenvalue weighted by molar-refractivity contribution is 7.89. The highest BCUT2D eigenvalue weighted by atomic mass is 32.2. The number of rotatable bonds is 7. The minimum atomic E-state index is -3.71. The third-order valence-electron chi connectivity index (χ3n) is 4.29. The van der Waals surface area contributed by atoms with Crippen LogP contribution in [0.3, 0.4) is 0 Å². The summed E-state index contributed by atoms with van der Waals surface area (Å²) in [6.07, 6.45) is 0. The number of furan rings is 1. The maximum atomic E-state index is 12.2. The lowest BCUT2D eigenvalue weighted by Gasteiger charge is -2.26. The van der Waals surface area contributed by atoms with Crippen molar-refractivity contribution < 1.29 is 22.4 Å². The minimum Gasteiger partial charge on any atom is -0.438 e. The lowest BCUT2D eigenvalue weighted by molar-refractivity contribution is 0.0342. The lowest BCUT2D eigenvalue weighted by atomic mass is 10.1. The number of carbonyl (C=O) groups is 1. The lowest BCUT2D eigenvalue weighted by Crippen LogP contribution is -2.35. The molecule has 27 heavy (non-hydrogen) atoms. The Morgan fingerprint density at radius 1 is 1.15 bits per heavy atom. The predicted octanol–water partition coefficient (Wildman–Crippen LogP) is 0.950. The molecule has 2 aromatic rings. The minimum absolute atomic E-state index is 0.0479. The Balaban J connectivity index is 1.58. The Bertz CT molecular complexity index is 888. The zero-order valence-corrected chi connectivity index (χ0v) is 15.9. The smallest absolute Gasteiger partial charge is 0.287 e. The fourth-order valence-corrected chi connectivity index (χ4v) is 3.46. The molecule has 0 spiro atoms. The van der Waals surface area contributed by atoms with Crippen LogP contribution in [0.15, 0.2) is 45.9 Å². The second-order valence-corrected chi connectivity index (χ2v) is 8.03. The second kappa shape index (κ2) is 8.66. The Hall–Kier alpha value is -2.20. The van der Waals surface area contributed by atoms with E-state index >= 15 is 0 Å². The molecular formula is C18H23N3O5S. The summed E-state index contributed by atoms with van der Waals surface area (Å²) in [5.41, 5.74) is 2.13. The number of carbonyl (C=O) groups excluding carboxylic acids is 1. The van der Waals surface area contributed by atoms with Gasteiger partial charge in [0.25, 0.3) is 15.9 Å². The Morgan fingerprint density at radius 3 is 2.63 bits per heavy atom. The van der Waals surface area contributed by atoms with Gasteiger partial charge in [-0.1, -0.05) is 24.3 Å². The van der Waals surface area contributed by atoms with Gasteiger partial charge in [-0.25, -0.2) is 13.1 Å². The first kappa shape index (κ1) is 19.6. The largest absolute Gasteiger partial charge is 0.438 e. The van der Waals surface area contributed by atoms with Crippen molar-refractivity contribution in [2.75, 3.05) is 33.4 Å². The summed E-state index contributed by atoms with van der Waals surface area (Å²) in [7, 11) is -2.43. The molecule has 0 unspecified atom stereocenters. The van der Waals surface area contributed by atoms with Crippen molar-refractivity contribution in [2.45, 2.75) is 18.2 Å². The first-order valence-electron chi connectivity index (χ1n) is 8.67. The van der Waals surface area contributed by atoms with Crippen LogP contribution in [0.25, 0.3) is 0 Å². The van der Waals surface area contributed by atoms with E-state index in [1.807, 2.05) is 12.1 Å². The summed E-state index contributed by atoms with van der Waals surface area (Å²) >= 11 is 0. The molecule has 0 atom stereocenters. The molecule has 9 heteroatoms. The van der Waals surface area contributed by atoms with Crippen LogP contribution in [-0.2, 0) is 27.8 Å². The van der Waals surface area contributed by atoms with Gasteiger partial charge in [0.1, 0.15) is 0 Å². The van der Waals surface area contributed by atoms with Crippen LogP contribution < -0.4 is 10.0 Å². The highest BCUT2D eigenvalue weighted by Crippen LogP contribution is 2.14. The Morgan fingerprint density at radius 2 is 1.89 bits per heavy atom. The molecule has 3 rings (SSSR count). The summed E-state index contributed by atoms with van der Waals surface area (Å²) in [4.78, 5) is 14.5. The Kier molecular flexibility index (Phi) is 6.27. The number of sulfonamides is 1. The molecule has 1 fully saturated rings. The van der Waals surface area contributed by atoms with Gasteiger partial charge in [0.15, 0.2) is 5.76 Å². The van der Waals surface area contributed by atoms with Gasteiger partial charge in [-0.2, -0.15) is 0 Å². The van der Waals surface area contributed by atoms with Crippen molar-refractivity contribution >= 4 is 15.9 Å². The molecule has 1 aliphatic rings. The van der Waals surface area contributed by atoms with Crippen molar-refractivity contribution in [1.82, 2.24) is 14.9 Å². The first-order chi connectivity index (χ1) is 13.0. The van der Waals surface area contributed by atoms with E-state index in [-0.39, 0.29) is 10.9 Å². The number of ether oxygens (including phenoxy) is 1. The van der Waals surface area contributed by atoms with Crippen molar-refractivity contribution in [2.24, 2.45) is 0 Å². The highest BCUT2D eigenvalue weighted by Gasteiger charge is 2.19. The van der Waals surface area contributed by atoms with Crippen molar-refractivity contribution in [3.8, 4) is 0 Å². The van der Waals surface area contributed by atoms with E-state index in [1.54, 1.807) is 0 Å². The summed E-state index contributed by atoms with van der Waals surface area (Å²) in [5, 5.41) is 2.46. The normalized spacial score (nSPS) is 15.6. The molecule has 1 amide bonds. The molecule has 1 aromatic heterocycles. The number of morpholine rings is 1. The second-order valence-electron chi connectivity index (χ2n) is 6.22. The maximum Gasteiger partial charge on any atom is 0.287 e. The number of hydrogen-bond acceptors (Lipinski definition) is 6. The van der Waals surface area contributed by atoms with E-state index in [0.717, 1.165) is 38.4 Å². The van der Waals surface area contributed by atoms with Gasteiger partial charge < -0.3 is 14.5 Å². The first-order valence-corrected chi connectivity index (χ1v) is 10.2. The van der Waals surface area contributed by atoms with Gasteiger partial charge in [0.2, 0.25) is 5.09 Å². The van der Waals surface area contributed by atoms with Gasteiger partial charge >= 0.3 is 0 Å². The van der Waals surface area contributed by atoms with Crippen LogP contribution >= 0.6 is 0 Å². The average molecular weight is 393 g/mol. The van der Waals surface area contributed by atoms with E-state index < -0.39 is 15.9 Å². The van der Waals surface area contributed by atoms with E-state index in [2.05, 4.69) is 27.1 Å². The van der Waals surface area contributed by atoms with E-state index in [1.165, 1.54) is 24.7 Å². The van der Waals surface area contributed by atoms with E-state index in [0.29, 0.717) is 6.54 Å². The number of nitrogens with zero attached hydrogens (tertiary/aromatic N) is 1. The van der Waals surface area contributed by atoms with Gasteiger partial charge in [-0.3, -0.25) is 9.69 Å². The summed E-state index contributed by atoms with van der Waals surface area (Å²) in [6.45, 7) is 4.50. The monoisotopic (exact) mass is 393 g/mol. The SMILES string of the molecule is CNS(=O)(=O)c1ccc(C(=O)NCc2cccc(CN3CCOCC3)c2)o1. The zero-order chi connectivity index (χ0) is 19.3. The molecule has 0 radical (unpaired) electrons. The topological polar surface area (TPSA) is 101 Å². The molecule has 0 bridgehead atoms. The molecular weight excluding hydrogens is 370 g/mol. The van der Waals surface area contributed by atoms with Crippen molar-refractivity contribution in [3.05, 3.63) is 53.3 Å². The summed E-state index contributed by atoms with van der Waals surface area (Å²) < 4.78 is 36.0. The molecule has 2 N–H and O–H groups in total. The van der Waals surface area contributed by atoms with Crippen LogP contribution in [0, 0.1) is 0 Å². The van der Waals surface area contributed by atoms with Crippen LogP contribution in [0.2, 0.25) is 0 Å². The summed E-state index contributed by atoms with van der Waals surface area (Å²) in [5.74, 6) is -0.514. The van der Waals surface area contributed by atoms with Crippen LogP contribution in [0.4, 0.5) is 0 Å². The molecule has 1 saturated heterocycles. The van der Waals surface area contributed by atoms with Crippen LogP contribution in [0.1, 0.15) is 21.7 Å². The number of nitrogens with one attached hydrogen (secondary N) is 2. The maximum absolute atomic E-state index is 12.2. The molecule has 146 valence electrons. The molecule has 1 aliphatic heterocycles. The van der Waals surface area contributed by atoms with Crippen LogP contribution in [-0.4, -0.2) is 52.6 Å². The fourth-order valence-electron chi connectivity index (χ4n) is 2.81. The van der Waals surface area contributed by atoms with Crippen LogP contribution in [0.5, 0.6) is 0 Å². The molecule has 8 nitrogen and oxygen atoms in total. The third kappa shape index (κ3) is 5.16. The number of amides is 1. The molecule has 1 aromatic carbocycles. The third-order valence-corrected chi connectivity index (χ3v) is 5.58. The van der Waals surface area contributed by atoms with Gasteiger partial charge in [-0.15, -0.1) is 0 Å². The number of hydrogen-bond donors (Lipinski definition) is 2. The Labute approximate surface area is 158 Å². The fraction of sp³-hybridized carbons (Fsp3) is 0.389.